The minimum Gasteiger partial charge on any atom is -0.309 e. The lowest BCUT2D eigenvalue weighted by molar-refractivity contribution is -0.127. The van der Waals surface area contributed by atoms with E-state index in [4.69, 9.17) is 0 Å². The highest BCUT2D eigenvalue weighted by Gasteiger charge is 2.54. The standard InChI is InChI=1S/C24H19F2N7O2/c1-3-24-9-16(34)32(2)22-17(24)19(30-23(24)35)28-20(29-22)18-14-8-13(25)10-27-21(14)33(31-18)11-12-6-4-5-7-15(12)26/h4-8,10H,3,9,11H2,1-2H3,(H,28,29,30,35)/t24-/m1/s1. The predicted molar refractivity (Wildman–Crippen MR) is 123 cm³/mol. The van der Waals surface area contributed by atoms with Crippen LogP contribution in [0.15, 0.2) is 36.5 Å². The number of pyridine rings is 1. The third-order valence-corrected chi connectivity index (χ3v) is 6.83. The zero-order chi connectivity index (χ0) is 24.5. The van der Waals surface area contributed by atoms with Crippen LogP contribution in [0, 0.1) is 11.6 Å². The van der Waals surface area contributed by atoms with Gasteiger partial charge >= 0.3 is 0 Å². The van der Waals surface area contributed by atoms with Crippen molar-refractivity contribution in [3.63, 3.8) is 0 Å². The van der Waals surface area contributed by atoms with E-state index in [0.717, 1.165) is 6.20 Å². The molecule has 0 spiro atoms. The maximum absolute atomic E-state index is 14.3. The average molecular weight is 475 g/mol. The maximum Gasteiger partial charge on any atom is 0.236 e. The number of rotatable bonds is 4. The molecule has 4 aromatic rings. The molecule has 1 atom stereocenters. The highest BCUT2D eigenvalue weighted by molar-refractivity contribution is 6.14. The molecule has 11 heteroatoms. The van der Waals surface area contributed by atoms with E-state index < -0.39 is 17.0 Å². The van der Waals surface area contributed by atoms with Gasteiger partial charge in [0.1, 0.15) is 29.0 Å². The number of benzene rings is 1. The molecule has 9 nitrogen and oxygen atoms in total. The van der Waals surface area contributed by atoms with Crippen molar-refractivity contribution in [2.45, 2.75) is 31.7 Å². The fourth-order valence-corrected chi connectivity index (χ4v) is 4.89. The first-order valence-corrected chi connectivity index (χ1v) is 11.1. The number of halogens is 2. The van der Waals surface area contributed by atoms with Crippen molar-refractivity contribution in [2.24, 2.45) is 0 Å². The number of aromatic nitrogens is 5. The van der Waals surface area contributed by atoms with Crippen molar-refractivity contribution >= 4 is 34.5 Å². The molecular formula is C24H19F2N7O2. The second kappa shape index (κ2) is 7.36. The summed E-state index contributed by atoms with van der Waals surface area (Å²) in [5, 5.41) is 7.67. The highest BCUT2D eigenvalue weighted by Crippen LogP contribution is 2.50. The number of anilines is 2. The Balaban J connectivity index is 1.57. The summed E-state index contributed by atoms with van der Waals surface area (Å²) in [6.07, 6.45) is 1.50. The number of carbonyl (C=O) groups is 2. The molecule has 3 aromatic heterocycles. The number of nitrogens with zero attached hydrogens (tertiary/aromatic N) is 6. The molecule has 2 aliphatic rings. The van der Waals surface area contributed by atoms with E-state index >= 15 is 0 Å². The Labute approximate surface area is 197 Å². The lowest BCUT2D eigenvalue weighted by Crippen LogP contribution is -2.45. The number of hydrogen-bond donors (Lipinski definition) is 1. The molecule has 2 amide bonds. The van der Waals surface area contributed by atoms with Crippen LogP contribution in [-0.4, -0.2) is 43.6 Å². The topological polar surface area (TPSA) is 106 Å². The first-order valence-electron chi connectivity index (χ1n) is 11.1. The van der Waals surface area contributed by atoms with Crippen LogP contribution < -0.4 is 10.2 Å². The van der Waals surface area contributed by atoms with Gasteiger partial charge in [-0.05, 0) is 18.6 Å². The molecule has 176 valence electrons. The molecule has 5 heterocycles. The molecule has 1 aromatic carbocycles. The normalized spacial score (nSPS) is 18.8. The van der Waals surface area contributed by atoms with Gasteiger partial charge in [-0.15, -0.1) is 0 Å². The van der Waals surface area contributed by atoms with E-state index in [-0.39, 0.29) is 36.3 Å². The summed E-state index contributed by atoms with van der Waals surface area (Å²) < 4.78 is 30.0. The summed E-state index contributed by atoms with van der Waals surface area (Å²) in [6.45, 7) is 1.89. The van der Waals surface area contributed by atoms with E-state index in [9.17, 15) is 18.4 Å². The lowest BCUT2D eigenvalue weighted by Gasteiger charge is -2.34. The number of fused-ring (bicyclic) bond motifs is 1. The van der Waals surface area contributed by atoms with Gasteiger partial charge in [0.2, 0.25) is 11.8 Å². The Morgan fingerprint density at radius 1 is 1.17 bits per heavy atom. The molecule has 0 aliphatic carbocycles. The third-order valence-electron chi connectivity index (χ3n) is 6.83. The van der Waals surface area contributed by atoms with Crippen molar-refractivity contribution in [3.05, 3.63) is 59.3 Å². The van der Waals surface area contributed by atoms with Crippen LogP contribution in [0.4, 0.5) is 20.4 Å². The zero-order valence-corrected chi connectivity index (χ0v) is 18.8. The van der Waals surface area contributed by atoms with E-state index in [1.807, 2.05) is 6.92 Å². The smallest absolute Gasteiger partial charge is 0.236 e. The Kier molecular flexibility index (Phi) is 4.47. The maximum atomic E-state index is 14.3. The Morgan fingerprint density at radius 3 is 2.74 bits per heavy atom. The molecule has 0 radical (unpaired) electrons. The van der Waals surface area contributed by atoms with Crippen LogP contribution in [0.25, 0.3) is 22.6 Å². The summed E-state index contributed by atoms with van der Waals surface area (Å²) in [7, 11) is 1.59. The van der Waals surface area contributed by atoms with Crippen LogP contribution in [0.2, 0.25) is 0 Å². The van der Waals surface area contributed by atoms with Crippen LogP contribution in [0.3, 0.4) is 0 Å². The molecule has 0 bridgehead atoms. The number of nitrogens with one attached hydrogen (secondary N) is 1. The SMILES string of the molecule is CC[C@@]12CC(=O)N(C)c3nc(-c4nn(Cc5ccccc5F)c5ncc(F)cc45)nc(c31)NC2=O. The fraction of sp³-hybridized carbons (Fsp3) is 0.250. The molecule has 0 unspecified atom stereocenters. The van der Waals surface area contributed by atoms with Crippen LogP contribution in [0.1, 0.15) is 30.9 Å². The molecule has 0 fully saturated rings. The lowest BCUT2D eigenvalue weighted by atomic mass is 9.74. The second-order valence-corrected chi connectivity index (χ2v) is 8.74. The van der Waals surface area contributed by atoms with E-state index in [1.165, 1.54) is 21.7 Å². The van der Waals surface area contributed by atoms with Crippen molar-refractivity contribution in [2.75, 3.05) is 17.3 Å². The van der Waals surface area contributed by atoms with Crippen molar-refractivity contribution in [1.29, 1.82) is 0 Å². The van der Waals surface area contributed by atoms with Crippen LogP contribution in [0.5, 0.6) is 0 Å². The number of hydrogen-bond acceptors (Lipinski definition) is 6. The molecule has 6 rings (SSSR count). The summed E-state index contributed by atoms with van der Waals surface area (Å²) >= 11 is 0. The quantitative estimate of drug-likeness (QED) is 0.486. The first kappa shape index (κ1) is 21.3. The third kappa shape index (κ3) is 2.97. The van der Waals surface area contributed by atoms with Gasteiger partial charge in [0.25, 0.3) is 0 Å². The highest BCUT2D eigenvalue weighted by atomic mass is 19.1. The number of carbonyl (C=O) groups excluding carboxylic acids is 2. The molecular weight excluding hydrogens is 456 g/mol. The minimum atomic E-state index is -1.02. The molecule has 1 N–H and O–H groups in total. The summed E-state index contributed by atoms with van der Waals surface area (Å²) in [4.78, 5) is 40.4. The van der Waals surface area contributed by atoms with Gasteiger partial charge in [0.05, 0.1) is 29.1 Å². The van der Waals surface area contributed by atoms with Gasteiger partial charge in [-0.1, -0.05) is 25.1 Å². The van der Waals surface area contributed by atoms with Gasteiger partial charge in [0.15, 0.2) is 11.5 Å². The van der Waals surface area contributed by atoms with E-state index in [1.54, 1.807) is 25.2 Å². The molecule has 35 heavy (non-hydrogen) atoms. The number of amides is 2. The first-order chi connectivity index (χ1) is 16.8. The van der Waals surface area contributed by atoms with E-state index in [2.05, 4.69) is 25.4 Å². The zero-order valence-electron chi connectivity index (χ0n) is 18.8. The van der Waals surface area contributed by atoms with Crippen LogP contribution >= 0.6 is 0 Å². The van der Waals surface area contributed by atoms with Gasteiger partial charge in [-0.3, -0.25) is 14.5 Å². The summed E-state index contributed by atoms with van der Waals surface area (Å²) in [5.41, 5.74) is 0.461. The Bertz CT molecular complexity index is 1570. The largest absolute Gasteiger partial charge is 0.309 e. The Hall–Kier alpha value is -4.28. The van der Waals surface area contributed by atoms with Gasteiger partial charge in [-0.2, -0.15) is 5.10 Å². The Morgan fingerprint density at radius 2 is 1.97 bits per heavy atom. The monoisotopic (exact) mass is 475 g/mol. The van der Waals surface area contributed by atoms with Crippen molar-refractivity contribution in [3.8, 4) is 11.5 Å². The molecule has 0 saturated heterocycles. The minimum absolute atomic E-state index is 0.0316. The van der Waals surface area contributed by atoms with Gasteiger partial charge < -0.3 is 5.32 Å². The second-order valence-electron chi connectivity index (χ2n) is 8.74. The van der Waals surface area contributed by atoms with Gasteiger partial charge in [0, 0.05) is 19.0 Å². The van der Waals surface area contributed by atoms with Gasteiger partial charge in [-0.25, -0.2) is 28.4 Å². The average Bonchev–Trinajstić information content (AvgIpc) is 3.33. The fourth-order valence-electron chi connectivity index (χ4n) is 4.89. The molecule has 0 saturated carbocycles. The van der Waals surface area contributed by atoms with E-state index in [0.29, 0.717) is 40.2 Å². The predicted octanol–water partition coefficient (Wildman–Crippen LogP) is 3.18. The summed E-state index contributed by atoms with van der Waals surface area (Å²) in [6, 6.07) is 7.53. The van der Waals surface area contributed by atoms with Crippen LogP contribution in [-0.2, 0) is 21.5 Å². The molecule has 2 aliphatic heterocycles. The summed E-state index contributed by atoms with van der Waals surface area (Å²) in [5.74, 6) is -0.826. The van der Waals surface area contributed by atoms with Crippen molar-refractivity contribution < 1.29 is 18.4 Å². The van der Waals surface area contributed by atoms with Crippen molar-refractivity contribution in [1.82, 2.24) is 24.7 Å².